The van der Waals surface area contributed by atoms with Crippen LogP contribution >= 0.6 is 11.6 Å². The molecule has 0 unspecified atom stereocenters. The Bertz CT molecular complexity index is 871. The van der Waals surface area contributed by atoms with Crippen LogP contribution in [0, 0.1) is 0 Å². The normalized spacial score (nSPS) is 14.2. The van der Waals surface area contributed by atoms with Crippen molar-refractivity contribution in [2.45, 2.75) is 19.4 Å². The Balaban J connectivity index is 1.66. The molecular formula is C20H20ClN3. The zero-order valence-corrected chi connectivity index (χ0v) is 14.2. The Morgan fingerprint density at radius 2 is 1.92 bits per heavy atom. The number of nitrogens with zero attached hydrogens (tertiary/aromatic N) is 1. The summed E-state index contributed by atoms with van der Waals surface area (Å²) < 4.78 is 0. The van der Waals surface area contributed by atoms with E-state index in [2.05, 4.69) is 45.9 Å². The molecule has 3 nitrogen and oxygen atoms in total. The number of benzene rings is 2. The summed E-state index contributed by atoms with van der Waals surface area (Å²) in [5.41, 5.74) is 6.05. The maximum absolute atomic E-state index is 6.50. The van der Waals surface area contributed by atoms with Crippen molar-refractivity contribution in [3.05, 3.63) is 70.4 Å². The minimum absolute atomic E-state index is 0.720. The standard InChI is InChI=1S/C20H20ClN3/c21-18-7-6-14-8-11-22-12-9-17(14)20(18)24-13-16-4-1-3-15-5-2-10-23-19(15)16/h1-7,10,22,24H,8-9,11-13H2. The van der Waals surface area contributed by atoms with Crippen LogP contribution in [0.5, 0.6) is 0 Å². The van der Waals surface area contributed by atoms with E-state index in [1.165, 1.54) is 22.1 Å². The van der Waals surface area contributed by atoms with Crippen LogP contribution in [0.15, 0.2) is 48.7 Å². The second-order valence-electron chi connectivity index (χ2n) is 6.16. The van der Waals surface area contributed by atoms with E-state index in [9.17, 15) is 0 Å². The van der Waals surface area contributed by atoms with Gasteiger partial charge in [-0.2, -0.15) is 0 Å². The SMILES string of the molecule is Clc1ccc2c(c1NCc1cccc3cccnc13)CCNCC2. The fraction of sp³-hybridized carbons (Fsp3) is 0.250. The van der Waals surface area contributed by atoms with E-state index in [1.807, 2.05) is 18.3 Å². The molecule has 3 aromatic rings. The average Bonchev–Trinajstić information content (AvgIpc) is 2.86. The third kappa shape index (κ3) is 2.97. The summed E-state index contributed by atoms with van der Waals surface area (Å²) in [6, 6.07) is 14.5. The molecule has 0 saturated heterocycles. The van der Waals surface area contributed by atoms with Crippen molar-refractivity contribution in [1.82, 2.24) is 10.3 Å². The van der Waals surface area contributed by atoms with Gasteiger partial charge in [0.15, 0.2) is 0 Å². The molecule has 1 aliphatic heterocycles. The molecule has 2 N–H and O–H groups in total. The number of anilines is 1. The van der Waals surface area contributed by atoms with Gasteiger partial charge in [0.2, 0.25) is 0 Å². The molecule has 1 aromatic heterocycles. The minimum Gasteiger partial charge on any atom is -0.379 e. The monoisotopic (exact) mass is 337 g/mol. The molecule has 24 heavy (non-hydrogen) atoms. The summed E-state index contributed by atoms with van der Waals surface area (Å²) in [6.07, 6.45) is 3.90. The molecule has 2 heterocycles. The molecule has 0 amide bonds. The predicted octanol–water partition coefficient (Wildman–Crippen LogP) is 4.19. The summed E-state index contributed by atoms with van der Waals surface area (Å²) in [4.78, 5) is 4.54. The van der Waals surface area contributed by atoms with E-state index in [0.29, 0.717) is 0 Å². The summed E-state index contributed by atoms with van der Waals surface area (Å²) in [6.45, 7) is 2.75. The maximum atomic E-state index is 6.50. The van der Waals surface area contributed by atoms with E-state index in [0.717, 1.165) is 48.7 Å². The number of rotatable bonds is 3. The van der Waals surface area contributed by atoms with Crippen LogP contribution in [-0.4, -0.2) is 18.1 Å². The van der Waals surface area contributed by atoms with E-state index in [1.54, 1.807) is 0 Å². The van der Waals surface area contributed by atoms with Crippen LogP contribution < -0.4 is 10.6 Å². The van der Waals surface area contributed by atoms with E-state index in [-0.39, 0.29) is 0 Å². The van der Waals surface area contributed by atoms with Crippen molar-refractivity contribution in [1.29, 1.82) is 0 Å². The molecule has 2 aromatic carbocycles. The fourth-order valence-corrected chi connectivity index (χ4v) is 3.67. The highest BCUT2D eigenvalue weighted by atomic mass is 35.5. The number of hydrogen-bond donors (Lipinski definition) is 2. The van der Waals surface area contributed by atoms with Gasteiger partial charge >= 0.3 is 0 Å². The first kappa shape index (κ1) is 15.4. The molecule has 0 spiro atoms. The average molecular weight is 338 g/mol. The first-order chi connectivity index (χ1) is 11.8. The summed E-state index contributed by atoms with van der Waals surface area (Å²) in [5, 5.41) is 9.00. The highest BCUT2D eigenvalue weighted by Gasteiger charge is 2.15. The zero-order valence-electron chi connectivity index (χ0n) is 13.5. The van der Waals surface area contributed by atoms with Crippen LogP contribution in [0.4, 0.5) is 5.69 Å². The third-order valence-corrected chi connectivity index (χ3v) is 4.97. The van der Waals surface area contributed by atoms with Crippen molar-refractivity contribution in [3.8, 4) is 0 Å². The van der Waals surface area contributed by atoms with Crippen LogP contribution in [-0.2, 0) is 19.4 Å². The zero-order chi connectivity index (χ0) is 16.4. The molecule has 122 valence electrons. The van der Waals surface area contributed by atoms with Gasteiger partial charge in [0.1, 0.15) is 0 Å². The number of fused-ring (bicyclic) bond motifs is 2. The quantitative estimate of drug-likeness (QED) is 0.752. The second kappa shape index (κ2) is 6.80. The largest absolute Gasteiger partial charge is 0.379 e. The highest BCUT2D eigenvalue weighted by molar-refractivity contribution is 6.33. The second-order valence-corrected chi connectivity index (χ2v) is 6.56. The first-order valence-electron chi connectivity index (χ1n) is 8.40. The van der Waals surface area contributed by atoms with Gasteiger partial charge in [-0.15, -0.1) is 0 Å². The first-order valence-corrected chi connectivity index (χ1v) is 8.78. The smallest absolute Gasteiger partial charge is 0.0751 e. The molecule has 4 heteroatoms. The van der Waals surface area contributed by atoms with Gasteiger partial charge in [-0.3, -0.25) is 4.98 Å². The molecule has 0 bridgehead atoms. The predicted molar refractivity (Wildman–Crippen MR) is 101 cm³/mol. The fourth-order valence-electron chi connectivity index (χ4n) is 3.43. The van der Waals surface area contributed by atoms with Gasteiger partial charge in [0.05, 0.1) is 16.2 Å². The maximum Gasteiger partial charge on any atom is 0.0751 e. The van der Waals surface area contributed by atoms with Gasteiger partial charge in [0, 0.05) is 18.1 Å². The molecule has 0 fully saturated rings. The number of aromatic nitrogens is 1. The number of para-hydroxylation sites is 1. The van der Waals surface area contributed by atoms with Crippen LogP contribution in [0.1, 0.15) is 16.7 Å². The summed E-state index contributed by atoms with van der Waals surface area (Å²) in [7, 11) is 0. The van der Waals surface area contributed by atoms with Gasteiger partial charge in [-0.25, -0.2) is 0 Å². The van der Waals surface area contributed by atoms with Gasteiger partial charge in [0.25, 0.3) is 0 Å². The van der Waals surface area contributed by atoms with Crippen molar-refractivity contribution >= 4 is 28.2 Å². The lowest BCUT2D eigenvalue weighted by molar-refractivity contribution is 0.711. The van der Waals surface area contributed by atoms with Gasteiger partial charge in [-0.05, 0) is 54.8 Å². The van der Waals surface area contributed by atoms with E-state index < -0.39 is 0 Å². The number of nitrogens with one attached hydrogen (secondary N) is 2. The molecule has 4 rings (SSSR count). The van der Waals surface area contributed by atoms with Crippen LogP contribution in [0.3, 0.4) is 0 Å². The van der Waals surface area contributed by atoms with Crippen LogP contribution in [0.25, 0.3) is 10.9 Å². The molecule has 0 saturated carbocycles. The lowest BCUT2D eigenvalue weighted by Crippen LogP contribution is -2.16. The van der Waals surface area contributed by atoms with Crippen molar-refractivity contribution < 1.29 is 0 Å². The Morgan fingerprint density at radius 3 is 2.88 bits per heavy atom. The molecule has 0 aliphatic carbocycles. The molecular weight excluding hydrogens is 318 g/mol. The Kier molecular flexibility index (Phi) is 4.37. The number of pyridine rings is 1. The van der Waals surface area contributed by atoms with Crippen LogP contribution in [0.2, 0.25) is 5.02 Å². The molecule has 0 radical (unpaired) electrons. The number of hydrogen-bond acceptors (Lipinski definition) is 3. The van der Waals surface area contributed by atoms with E-state index in [4.69, 9.17) is 11.6 Å². The Labute approximate surface area is 147 Å². The van der Waals surface area contributed by atoms with E-state index >= 15 is 0 Å². The number of halogens is 1. The minimum atomic E-state index is 0.720. The van der Waals surface area contributed by atoms with Crippen molar-refractivity contribution in [2.24, 2.45) is 0 Å². The van der Waals surface area contributed by atoms with Crippen molar-refractivity contribution in [3.63, 3.8) is 0 Å². The molecule has 0 atom stereocenters. The molecule has 1 aliphatic rings. The summed E-state index contributed by atoms with van der Waals surface area (Å²) in [5.74, 6) is 0. The Hall–Kier alpha value is -2.10. The lowest BCUT2D eigenvalue weighted by Gasteiger charge is -2.16. The third-order valence-electron chi connectivity index (χ3n) is 4.65. The summed E-state index contributed by atoms with van der Waals surface area (Å²) >= 11 is 6.50. The topological polar surface area (TPSA) is 37.0 Å². The van der Waals surface area contributed by atoms with Gasteiger partial charge < -0.3 is 10.6 Å². The lowest BCUT2D eigenvalue weighted by atomic mass is 10.0. The van der Waals surface area contributed by atoms with Gasteiger partial charge in [-0.1, -0.05) is 41.9 Å². The highest BCUT2D eigenvalue weighted by Crippen LogP contribution is 2.31. The Morgan fingerprint density at radius 1 is 1.04 bits per heavy atom. The van der Waals surface area contributed by atoms with Crippen molar-refractivity contribution in [2.75, 3.05) is 18.4 Å².